The number of hydrogen-bond donors (Lipinski definition) is 0. The number of allylic oxidation sites excluding steroid dienone is 12. The lowest BCUT2D eigenvalue weighted by atomic mass is 10.0. The van der Waals surface area contributed by atoms with E-state index in [1.807, 2.05) is 0 Å². The predicted octanol–water partition coefficient (Wildman–Crippen LogP) is 24.4. The van der Waals surface area contributed by atoms with Crippen molar-refractivity contribution in [2.45, 2.75) is 374 Å². The van der Waals surface area contributed by atoms with E-state index in [-0.39, 0.29) is 37.5 Å². The van der Waals surface area contributed by atoms with Gasteiger partial charge in [-0.1, -0.05) is 338 Å². The van der Waals surface area contributed by atoms with E-state index in [2.05, 4.69) is 93.7 Å². The van der Waals surface area contributed by atoms with Crippen LogP contribution in [0, 0.1) is 0 Å². The highest BCUT2D eigenvalue weighted by Crippen LogP contribution is 2.18. The molecule has 0 fully saturated rings. The summed E-state index contributed by atoms with van der Waals surface area (Å²) < 4.78 is 16.9. The first-order valence-electron chi connectivity index (χ1n) is 35.4. The number of rotatable bonds is 65. The number of carbonyl (C=O) groups is 3. The summed E-state index contributed by atoms with van der Waals surface area (Å²) in [7, 11) is 0. The van der Waals surface area contributed by atoms with Crippen molar-refractivity contribution < 1.29 is 28.6 Å². The second kappa shape index (κ2) is 69.3. The van der Waals surface area contributed by atoms with Crippen molar-refractivity contribution in [1.82, 2.24) is 0 Å². The lowest BCUT2D eigenvalue weighted by Gasteiger charge is -2.18. The van der Waals surface area contributed by atoms with E-state index >= 15 is 0 Å². The van der Waals surface area contributed by atoms with E-state index in [0.717, 1.165) is 77.0 Å². The smallest absolute Gasteiger partial charge is 0.306 e. The van der Waals surface area contributed by atoms with E-state index in [1.54, 1.807) is 0 Å². The second-order valence-electron chi connectivity index (χ2n) is 23.8. The standard InChI is InChI=1S/C75H134O6/c1-4-7-10-13-16-19-22-25-28-30-31-32-33-34-35-36-37-38-39-40-41-42-43-45-47-50-53-56-59-62-65-68-74(77)80-71-72(70-79-73(76)67-64-61-58-55-52-49-46-27-24-21-18-15-12-9-6-3)81-75(78)69-66-63-60-57-54-51-48-44-29-26-23-20-17-14-11-8-5-2/h8,11,17,20,26,29-31,48,51,57,60,72H,4-7,9-10,12-16,18-19,21-25,27-28,32-47,49-50,52-56,58-59,61-71H2,1-3H3/b11-8-,20-17-,29-26-,31-30-,51-48-,60-57-. The molecule has 0 aliphatic heterocycles. The van der Waals surface area contributed by atoms with Gasteiger partial charge in [-0.15, -0.1) is 0 Å². The summed E-state index contributed by atoms with van der Waals surface area (Å²) in [6, 6.07) is 0. The summed E-state index contributed by atoms with van der Waals surface area (Å²) in [5, 5.41) is 0. The lowest BCUT2D eigenvalue weighted by molar-refractivity contribution is -0.167. The molecule has 0 heterocycles. The molecule has 1 unspecified atom stereocenters. The van der Waals surface area contributed by atoms with E-state index in [0.29, 0.717) is 19.3 Å². The lowest BCUT2D eigenvalue weighted by Crippen LogP contribution is -2.30. The van der Waals surface area contributed by atoms with Gasteiger partial charge < -0.3 is 14.2 Å². The van der Waals surface area contributed by atoms with Crippen molar-refractivity contribution in [2.75, 3.05) is 13.2 Å². The molecule has 470 valence electrons. The summed E-state index contributed by atoms with van der Waals surface area (Å²) in [5.41, 5.74) is 0. The van der Waals surface area contributed by atoms with Crippen LogP contribution >= 0.6 is 0 Å². The molecule has 6 nitrogen and oxygen atoms in total. The van der Waals surface area contributed by atoms with Gasteiger partial charge >= 0.3 is 17.9 Å². The van der Waals surface area contributed by atoms with E-state index < -0.39 is 6.10 Å². The Labute approximate surface area is 503 Å². The highest BCUT2D eigenvalue weighted by Gasteiger charge is 2.19. The number of carbonyl (C=O) groups excluding carboxylic acids is 3. The average Bonchev–Trinajstić information content (AvgIpc) is 3.47. The summed E-state index contributed by atoms with van der Waals surface area (Å²) in [6.45, 7) is 6.53. The van der Waals surface area contributed by atoms with Crippen LogP contribution in [0.5, 0.6) is 0 Å². The first kappa shape index (κ1) is 77.9. The molecule has 0 rings (SSSR count). The molecule has 0 bridgehead atoms. The minimum atomic E-state index is -0.804. The SMILES string of the molecule is CC/C=C\C/C=C\C/C=C\C/C=C\C/C=C\CCCC(=O)OC(COC(=O)CCCCCCCCCCCCCCCCC)COC(=O)CCCCCCCCCCCCCCCCCCCCC/C=C\CCCCCCCCCC. The van der Waals surface area contributed by atoms with Gasteiger partial charge in [0, 0.05) is 19.3 Å². The van der Waals surface area contributed by atoms with Crippen LogP contribution in [0.2, 0.25) is 0 Å². The molecular weight excluding hydrogens is 997 g/mol. The summed E-state index contributed by atoms with van der Waals surface area (Å²) in [4.78, 5) is 38.4. The van der Waals surface area contributed by atoms with Crippen LogP contribution in [0.3, 0.4) is 0 Å². The monoisotopic (exact) mass is 1130 g/mol. The minimum Gasteiger partial charge on any atom is -0.462 e. The zero-order chi connectivity index (χ0) is 58.5. The molecule has 0 aromatic heterocycles. The van der Waals surface area contributed by atoms with Gasteiger partial charge in [0.15, 0.2) is 6.10 Å². The molecule has 0 N–H and O–H groups in total. The van der Waals surface area contributed by atoms with E-state index in [1.165, 1.54) is 244 Å². The highest BCUT2D eigenvalue weighted by molar-refractivity contribution is 5.71. The van der Waals surface area contributed by atoms with Gasteiger partial charge in [-0.25, -0.2) is 0 Å². The maximum atomic E-state index is 12.9. The average molecular weight is 1130 g/mol. The number of hydrogen-bond acceptors (Lipinski definition) is 6. The molecule has 6 heteroatoms. The van der Waals surface area contributed by atoms with Crippen LogP contribution in [0.15, 0.2) is 72.9 Å². The molecule has 0 aliphatic rings. The Bertz CT molecular complexity index is 1490. The summed E-state index contributed by atoms with van der Waals surface area (Å²) in [6.07, 6.45) is 90.9. The zero-order valence-electron chi connectivity index (χ0n) is 54.1. The molecule has 0 aliphatic carbocycles. The quantitative estimate of drug-likeness (QED) is 0.0261. The molecule has 81 heavy (non-hydrogen) atoms. The van der Waals surface area contributed by atoms with Crippen LogP contribution in [0.4, 0.5) is 0 Å². The Morgan fingerprint density at radius 3 is 0.802 bits per heavy atom. The molecule has 0 aromatic carbocycles. The maximum absolute atomic E-state index is 12.9. The zero-order valence-corrected chi connectivity index (χ0v) is 54.1. The normalized spacial score (nSPS) is 12.5. The number of unbranched alkanes of at least 4 members (excludes halogenated alkanes) is 42. The maximum Gasteiger partial charge on any atom is 0.306 e. The molecule has 0 aromatic rings. The highest BCUT2D eigenvalue weighted by atomic mass is 16.6. The Morgan fingerprint density at radius 2 is 0.494 bits per heavy atom. The molecular formula is C75H134O6. The van der Waals surface area contributed by atoms with Crippen molar-refractivity contribution in [3.05, 3.63) is 72.9 Å². The molecule has 0 radical (unpaired) electrons. The van der Waals surface area contributed by atoms with E-state index in [9.17, 15) is 14.4 Å². The second-order valence-corrected chi connectivity index (χ2v) is 23.8. The number of esters is 3. The van der Waals surface area contributed by atoms with Gasteiger partial charge in [0.2, 0.25) is 0 Å². The third kappa shape index (κ3) is 67.5. The van der Waals surface area contributed by atoms with Gasteiger partial charge in [-0.2, -0.15) is 0 Å². The first-order chi connectivity index (χ1) is 40.0. The molecule has 0 amide bonds. The topological polar surface area (TPSA) is 78.9 Å². The predicted molar refractivity (Wildman–Crippen MR) is 353 cm³/mol. The Morgan fingerprint density at radius 1 is 0.259 bits per heavy atom. The van der Waals surface area contributed by atoms with Crippen molar-refractivity contribution in [3.8, 4) is 0 Å². The first-order valence-corrected chi connectivity index (χ1v) is 35.4. The Kier molecular flexibility index (Phi) is 66.6. The van der Waals surface area contributed by atoms with Crippen molar-refractivity contribution >= 4 is 17.9 Å². The number of ether oxygens (including phenoxy) is 3. The Balaban J connectivity index is 4.23. The molecule has 0 saturated heterocycles. The van der Waals surface area contributed by atoms with Crippen LogP contribution in [-0.2, 0) is 28.6 Å². The molecule has 1 atom stereocenters. The minimum absolute atomic E-state index is 0.0936. The van der Waals surface area contributed by atoms with Gasteiger partial charge in [0.1, 0.15) is 13.2 Å². The summed E-state index contributed by atoms with van der Waals surface area (Å²) >= 11 is 0. The van der Waals surface area contributed by atoms with Gasteiger partial charge in [0.05, 0.1) is 0 Å². The van der Waals surface area contributed by atoms with Crippen molar-refractivity contribution in [2.24, 2.45) is 0 Å². The van der Waals surface area contributed by atoms with Crippen LogP contribution in [0.1, 0.15) is 367 Å². The van der Waals surface area contributed by atoms with Crippen molar-refractivity contribution in [1.29, 1.82) is 0 Å². The van der Waals surface area contributed by atoms with Crippen molar-refractivity contribution in [3.63, 3.8) is 0 Å². The van der Waals surface area contributed by atoms with E-state index in [4.69, 9.17) is 14.2 Å². The largest absolute Gasteiger partial charge is 0.462 e. The fourth-order valence-corrected chi connectivity index (χ4v) is 10.4. The third-order valence-electron chi connectivity index (χ3n) is 15.7. The molecule has 0 saturated carbocycles. The van der Waals surface area contributed by atoms with Crippen LogP contribution in [-0.4, -0.2) is 37.2 Å². The third-order valence-corrected chi connectivity index (χ3v) is 15.7. The van der Waals surface area contributed by atoms with Gasteiger partial charge in [0.25, 0.3) is 0 Å². The van der Waals surface area contributed by atoms with Gasteiger partial charge in [-0.3, -0.25) is 14.4 Å². The fraction of sp³-hybridized carbons (Fsp3) is 0.800. The van der Waals surface area contributed by atoms with Gasteiger partial charge in [-0.05, 0) is 83.5 Å². The molecule has 0 spiro atoms. The van der Waals surface area contributed by atoms with Crippen LogP contribution < -0.4 is 0 Å². The fourth-order valence-electron chi connectivity index (χ4n) is 10.4. The summed E-state index contributed by atoms with van der Waals surface area (Å²) in [5.74, 6) is -0.931. The van der Waals surface area contributed by atoms with Crippen LogP contribution in [0.25, 0.3) is 0 Å². The Hall–Kier alpha value is -3.15.